The molecule has 0 fully saturated rings. The Labute approximate surface area is 226 Å². The number of fused-ring (bicyclic) bond motifs is 3. The molecular weight excluding hydrogens is 535 g/mol. The lowest BCUT2D eigenvalue weighted by atomic mass is 9.98. The van der Waals surface area contributed by atoms with Gasteiger partial charge in [-0.3, -0.25) is 0 Å². The molecule has 4 aromatic rings. The van der Waals surface area contributed by atoms with E-state index in [1.54, 1.807) is 0 Å². The number of alkyl carbamates (subject to hydrolysis) is 1. The van der Waals surface area contributed by atoms with Crippen molar-refractivity contribution in [3.63, 3.8) is 0 Å². The second-order valence-electron chi connectivity index (χ2n) is 9.02. The first kappa shape index (κ1) is 26.4. The number of nitrogens with one attached hydrogen (secondary N) is 1. The minimum atomic E-state index is -4.55. The SMILES string of the molecule is O=C(NC(Cc1ccc(-c2ccc(C(F)(F)F)cc2Cl)o1)C(=O)O)OCC1c2ccccc2-c2ccccc21. The average Bonchev–Trinajstić information content (AvgIpc) is 3.49. The molecule has 0 bridgehead atoms. The van der Waals surface area contributed by atoms with E-state index < -0.39 is 29.8 Å². The van der Waals surface area contributed by atoms with Gasteiger partial charge in [0.05, 0.1) is 10.6 Å². The van der Waals surface area contributed by atoms with Crippen molar-refractivity contribution in [3.8, 4) is 22.5 Å². The van der Waals surface area contributed by atoms with Crippen LogP contribution in [-0.4, -0.2) is 29.8 Å². The van der Waals surface area contributed by atoms with Gasteiger partial charge in [0.15, 0.2) is 0 Å². The van der Waals surface area contributed by atoms with Crippen LogP contribution in [0.1, 0.15) is 28.4 Å². The summed E-state index contributed by atoms with van der Waals surface area (Å²) in [6, 6.07) is 20.1. The van der Waals surface area contributed by atoms with E-state index in [4.69, 9.17) is 20.8 Å². The van der Waals surface area contributed by atoms with E-state index in [1.165, 1.54) is 18.2 Å². The zero-order valence-corrected chi connectivity index (χ0v) is 20.9. The van der Waals surface area contributed by atoms with Crippen molar-refractivity contribution in [1.82, 2.24) is 5.32 Å². The minimum Gasteiger partial charge on any atom is -0.480 e. The van der Waals surface area contributed by atoms with Gasteiger partial charge >= 0.3 is 18.2 Å². The molecule has 0 saturated carbocycles. The molecule has 5 rings (SSSR count). The fourth-order valence-corrected chi connectivity index (χ4v) is 4.98. The van der Waals surface area contributed by atoms with Gasteiger partial charge in [-0.15, -0.1) is 0 Å². The summed E-state index contributed by atoms with van der Waals surface area (Å²) in [6.07, 6.45) is -5.67. The van der Waals surface area contributed by atoms with Crippen LogP contribution in [-0.2, 0) is 22.1 Å². The number of ether oxygens (including phenoxy) is 1. The quantitative estimate of drug-likeness (QED) is 0.253. The first-order chi connectivity index (χ1) is 18.6. The number of carboxylic acid groups (broad SMARTS) is 1. The first-order valence-corrected chi connectivity index (χ1v) is 12.3. The molecule has 2 N–H and O–H groups in total. The molecule has 39 heavy (non-hydrogen) atoms. The Morgan fingerprint density at radius 1 is 0.949 bits per heavy atom. The van der Waals surface area contributed by atoms with E-state index in [2.05, 4.69) is 5.32 Å². The van der Waals surface area contributed by atoms with E-state index in [-0.39, 0.29) is 41.1 Å². The van der Waals surface area contributed by atoms with Crippen LogP contribution in [0.2, 0.25) is 5.02 Å². The van der Waals surface area contributed by atoms with Crippen LogP contribution in [0, 0.1) is 0 Å². The zero-order valence-electron chi connectivity index (χ0n) is 20.2. The molecule has 0 saturated heterocycles. The number of halogens is 4. The number of carboxylic acids is 1. The van der Waals surface area contributed by atoms with Crippen LogP contribution >= 0.6 is 11.6 Å². The van der Waals surface area contributed by atoms with Crippen LogP contribution in [0.15, 0.2) is 83.3 Å². The van der Waals surface area contributed by atoms with Crippen molar-refractivity contribution in [2.75, 3.05) is 6.61 Å². The van der Waals surface area contributed by atoms with Gasteiger partial charge in [-0.2, -0.15) is 13.2 Å². The van der Waals surface area contributed by atoms with Crippen molar-refractivity contribution in [3.05, 3.63) is 106 Å². The maximum Gasteiger partial charge on any atom is 0.416 e. The van der Waals surface area contributed by atoms with Crippen LogP contribution in [0.3, 0.4) is 0 Å². The number of hydrogen-bond acceptors (Lipinski definition) is 4. The van der Waals surface area contributed by atoms with Gasteiger partial charge in [0, 0.05) is 17.9 Å². The van der Waals surface area contributed by atoms with Crippen molar-refractivity contribution in [1.29, 1.82) is 0 Å². The number of carbonyl (C=O) groups is 2. The predicted molar refractivity (Wildman–Crippen MR) is 137 cm³/mol. The molecule has 1 aliphatic carbocycles. The number of rotatable bonds is 7. The minimum absolute atomic E-state index is 0.0174. The summed E-state index contributed by atoms with van der Waals surface area (Å²) in [5, 5.41) is 11.8. The highest BCUT2D eigenvalue weighted by atomic mass is 35.5. The summed E-state index contributed by atoms with van der Waals surface area (Å²) in [4.78, 5) is 24.4. The van der Waals surface area contributed by atoms with Gasteiger partial charge in [-0.05, 0) is 52.6 Å². The van der Waals surface area contributed by atoms with Gasteiger partial charge in [-0.1, -0.05) is 60.1 Å². The van der Waals surface area contributed by atoms with E-state index in [1.807, 2.05) is 48.5 Å². The third kappa shape index (κ3) is 5.49. The van der Waals surface area contributed by atoms with Crippen molar-refractivity contribution < 1.29 is 37.0 Å². The number of benzene rings is 3. The Hall–Kier alpha value is -4.24. The number of aliphatic carboxylic acids is 1. The van der Waals surface area contributed by atoms with E-state index >= 15 is 0 Å². The molecule has 1 unspecified atom stereocenters. The highest BCUT2D eigenvalue weighted by molar-refractivity contribution is 6.33. The number of carbonyl (C=O) groups excluding carboxylic acids is 1. The average molecular weight is 556 g/mol. The van der Waals surface area contributed by atoms with Crippen LogP contribution in [0.5, 0.6) is 0 Å². The Morgan fingerprint density at radius 2 is 1.59 bits per heavy atom. The third-order valence-corrected chi connectivity index (χ3v) is 6.88. The molecule has 10 heteroatoms. The summed E-state index contributed by atoms with van der Waals surface area (Å²) in [6.45, 7) is 0.0174. The standard InChI is InChI=1S/C29H21ClF3NO5/c30-24-13-16(29(31,32)33)9-11-22(24)26-12-10-17(39-26)14-25(27(35)36)34-28(37)38-15-23-20-7-3-1-5-18(20)19-6-2-4-8-21(19)23/h1-13,23,25H,14-15H2,(H,34,37)(H,35,36). The lowest BCUT2D eigenvalue weighted by molar-refractivity contribution is -0.139. The highest BCUT2D eigenvalue weighted by Gasteiger charge is 2.32. The summed E-state index contributed by atoms with van der Waals surface area (Å²) in [7, 11) is 0. The molecular formula is C29H21ClF3NO5. The van der Waals surface area contributed by atoms with Crippen LogP contribution < -0.4 is 5.32 Å². The largest absolute Gasteiger partial charge is 0.480 e. The second kappa shape index (κ2) is 10.5. The smallest absolute Gasteiger partial charge is 0.416 e. The van der Waals surface area contributed by atoms with Gasteiger partial charge < -0.3 is 19.6 Å². The summed E-state index contributed by atoms with van der Waals surface area (Å²) in [5.41, 5.74) is 3.48. The van der Waals surface area contributed by atoms with Gasteiger partial charge in [-0.25, -0.2) is 9.59 Å². The second-order valence-corrected chi connectivity index (χ2v) is 9.43. The highest BCUT2D eigenvalue weighted by Crippen LogP contribution is 2.44. The molecule has 6 nitrogen and oxygen atoms in total. The van der Waals surface area contributed by atoms with E-state index in [0.717, 1.165) is 34.4 Å². The lowest BCUT2D eigenvalue weighted by Gasteiger charge is -2.17. The molecule has 1 atom stereocenters. The van der Waals surface area contributed by atoms with E-state index in [9.17, 15) is 27.9 Å². The monoisotopic (exact) mass is 555 g/mol. The molecule has 0 spiro atoms. The lowest BCUT2D eigenvalue weighted by Crippen LogP contribution is -2.42. The maximum atomic E-state index is 12.9. The predicted octanol–water partition coefficient (Wildman–Crippen LogP) is 7.15. The molecule has 1 aromatic heterocycles. The van der Waals surface area contributed by atoms with Crippen molar-refractivity contribution in [2.24, 2.45) is 0 Å². The van der Waals surface area contributed by atoms with Gasteiger partial charge in [0.2, 0.25) is 0 Å². The number of amides is 1. The Morgan fingerprint density at radius 3 is 2.18 bits per heavy atom. The van der Waals surface area contributed by atoms with Crippen LogP contribution in [0.25, 0.3) is 22.5 Å². The fraction of sp³-hybridized carbons (Fsp3) is 0.172. The Bertz CT molecular complexity index is 1500. The molecule has 200 valence electrons. The topological polar surface area (TPSA) is 88.8 Å². The fourth-order valence-electron chi connectivity index (χ4n) is 4.71. The molecule has 3 aromatic carbocycles. The zero-order chi connectivity index (χ0) is 27.7. The normalized spacial score (nSPS) is 13.4. The summed E-state index contributed by atoms with van der Waals surface area (Å²) < 4.78 is 49.8. The van der Waals surface area contributed by atoms with E-state index in [0.29, 0.717) is 0 Å². The number of hydrogen-bond donors (Lipinski definition) is 2. The first-order valence-electron chi connectivity index (χ1n) is 11.9. The van der Waals surface area contributed by atoms with Crippen LogP contribution in [0.4, 0.5) is 18.0 Å². The summed E-state index contributed by atoms with van der Waals surface area (Å²) in [5.74, 6) is -1.15. The molecule has 1 amide bonds. The number of alkyl halides is 3. The summed E-state index contributed by atoms with van der Waals surface area (Å²) >= 11 is 6.03. The van der Waals surface area contributed by atoms with Gasteiger partial charge in [0.25, 0.3) is 0 Å². The molecule has 1 heterocycles. The van der Waals surface area contributed by atoms with Crippen molar-refractivity contribution >= 4 is 23.7 Å². The molecule has 0 radical (unpaired) electrons. The maximum absolute atomic E-state index is 12.9. The third-order valence-electron chi connectivity index (χ3n) is 6.56. The Kier molecular flexibility index (Phi) is 7.10. The molecule has 1 aliphatic rings. The number of furan rings is 1. The van der Waals surface area contributed by atoms with Crippen molar-refractivity contribution in [2.45, 2.75) is 24.6 Å². The Balaban J connectivity index is 1.24. The van der Waals surface area contributed by atoms with Gasteiger partial charge in [0.1, 0.15) is 24.2 Å². The molecule has 0 aliphatic heterocycles.